The normalized spacial score (nSPS) is 12.8. The van der Waals surface area contributed by atoms with Gasteiger partial charge in [-0.25, -0.2) is 0 Å². The molecule has 160 valence electrons. The van der Waals surface area contributed by atoms with Gasteiger partial charge in [0.05, 0.1) is 26.4 Å². The Kier molecular flexibility index (Phi) is 9.22. The number of hydrogen-bond donors (Lipinski definition) is 0. The average Bonchev–Trinajstić information content (AvgIpc) is 2.76. The van der Waals surface area contributed by atoms with E-state index in [4.69, 9.17) is 25.9 Å². The lowest BCUT2D eigenvalue weighted by molar-refractivity contribution is -0.139. The smallest absolute Gasteiger partial charge is 0.309 e. The summed E-state index contributed by atoms with van der Waals surface area (Å²) < 4.78 is 15.8. The Hall–Kier alpha value is -2.99. The molecule has 6 nitrogen and oxygen atoms in total. The van der Waals surface area contributed by atoms with Crippen molar-refractivity contribution in [2.24, 2.45) is 5.16 Å². The van der Waals surface area contributed by atoms with Crippen LogP contribution in [0.4, 0.5) is 0 Å². The van der Waals surface area contributed by atoms with E-state index in [0.29, 0.717) is 28.8 Å². The first-order chi connectivity index (χ1) is 14.4. The van der Waals surface area contributed by atoms with Crippen LogP contribution in [0.15, 0.2) is 65.5 Å². The Morgan fingerprint density at radius 1 is 1.13 bits per heavy atom. The first kappa shape index (κ1) is 23.3. The van der Waals surface area contributed by atoms with Crippen molar-refractivity contribution in [3.05, 3.63) is 76.5 Å². The van der Waals surface area contributed by atoms with Crippen molar-refractivity contribution in [1.82, 2.24) is 0 Å². The van der Waals surface area contributed by atoms with Crippen molar-refractivity contribution in [2.45, 2.75) is 33.0 Å². The minimum Gasteiger partial charge on any atom is -0.497 e. The zero-order valence-corrected chi connectivity index (χ0v) is 18.3. The first-order valence-electron chi connectivity index (χ1n) is 9.42. The molecule has 0 spiro atoms. The second-order valence-electron chi connectivity index (χ2n) is 6.46. The van der Waals surface area contributed by atoms with Crippen LogP contribution >= 0.6 is 11.6 Å². The highest BCUT2D eigenvalue weighted by Gasteiger charge is 2.12. The van der Waals surface area contributed by atoms with Crippen molar-refractivity contribution in [3.8, 4) is 5.75 Å². The lowest BCUT2D eigenvalue weighted by Crippen LogP contribution is -2.12. The summed E-state index contributed by atoms with van der Waals surface area (Å²) in [5.74, 6) is 0.854. The number of methoxy groups -OCH3 is 2. The predicted molar refractivity (Wildman–Crippen MR) is 117 cm³/mol. The molecular weight excluding hydrogens is 406 g/mol. The van der Waals surface area contributed by atoms with Gasteiger partial charge >= 0.3 is 5.97 Å². The minimum atomic E-state index is -0.461. The molecule has 1 unspecified atom stereocenters. The van der Waals surface area contributed by atoms with Crippen LogP contribution < -0.4 is 4.74 Å². The summed E-state index contributed by atoms with van der Waals surface area (Å²) in [5, 5.41) is 4.86. The zero-order chi connectivity index (χ0) is 21.9. The zero-order valence-electron chi connectivity index (χ0n) is 17.6. The van der Waals surface area contributed by atoms with E-state index >= 15 is 0 Å². The summed E-state index contributed by atoms with van der Waals surface area (Å²) in [5.41, 5.74) is 2.53. The van der Waals surface area contributed by atoms with Crippen LogP contribution in [0.3, 0.4) is 0 Å². The summed E-state index contributed by atoms with van der Waals surface area (Å²) >= 11 is 6.01. The molecule has 2 aromatic rings. The quantitative estimate of drug-likeness (QED) is 0.225. The predicted octanol–water partition coefficient (Wildman–Crippen LogP) is 5.14. The van der Waals surface area contributed by atoms with Crippen LogP contribution in [0, 0.1) is 0 Å². The summed E-state index contributed by atoms with van der Waals surface area (Å²) in [6.45, 7) is 4.04. The van der Waals surface area contributed by atoms with Crippen LogP contribution in [0.2, 0.25) is 5.02 Å². The Morgan fingerprint density at radius 2 is 1.90 bits per heavy atom. The van der Waals surface area contributed by atoms with E-state index in [-0.39, 0.29) is 12.4 Å². The maximum Gasteiger partial charge on any atom is 0.309 e. The molecule has 0 aliphatic rings. The summed E-state index contributed by atoms with van der Waals surface area (Å²) in [6, 6.07) is 15.1. The number of carbonyl (C=O) groups excluding carboxylic acids is 1. The molecule has 0 aliphatic carbocycles. The number of halogens is 1. The lowest BCUT2D eigenvalue weighted by Gasteiger charge is -2.14. The van der Waals surface area contributed by atoms with Gasteiger partial charge in [-0.1, -0.05) is 41.0 Å². The summed E-state index contributed by atoms with van der Waals surface area (Å²) in [4.78, 5) is 16.8. The van der Waals surface area contributed by atoms with Gasteiger partial charge in [0.25, 0.3) is 0 Å². The molecule has 0 aliphatic heterocycles. The van der Waals surface area contributed by atoms with Crippen molar-refractivity contribution >= 4 is 23.3 Å². The van der Waals surface area contributed by atoms with E-state index in [9.17, 15) is 4.79 Å². The molecule has 0 bridgehead atoms. The molecule has 0 saturated heterocycles. The van der Waals surface area contributed by atoms with Gasteiger partial charge in [0.1, 0.15) is 18.1 Å². The van der Waals surface area contributed by atoms with Gasteiger partial charge in [0.2, 0.25) is 0 Å². The molecule has 0 N–H and O–H groups in total. The third-order valence-corrected chi connectivity index (χ3v) is 4.46. The number of oxime groups is 1. The fourth-order valence-electron chi connectivity index (χ4n) is 2.55. The molecule has 2 rings (SSSR count). The molecule has 0 heterocycles. The van der Waals surface area contributed by atoms with Gasteiger partial charge in [-0.3, -0.25) is 4.79 Å². The topological polar surface area (TPSA) is 66.4 Å². The van der Waals surface area contributed by atoms with E-state index in [1.165, 1.54) is 14.2 Å². The number of nitrogens with zero attached hydrogens (tertiary/aromatic N) is 1. The van der Waals surface area contributed by atoms with Crippen LogP contribution in [0.5, 0.6) is 5.75 Å². The molecule has 30 heavy (non-hydrogen) atoms. The fraction of sp³-hybridized carbons (Fsp3) is 0.304. The standard InChI is InChI=1S/C23H26ClNO5/c1-16(25-30-17(2)22(27-3)11-12-23(26)28-4)19-8-6-10-21(14-19)29-15-18-7-5-9-20(24)13-18/h5-11,13-14,17H,12,15H2,1-4H3. The highest BCUT2D eigenvalue weighted by atomic mass is 35.5. The highest BCUT2D eigenvalue weighted by Crippen LogP contribution is 2.18. The molecule has 0 aromatic heterocycles. The lowest BCUT2D eigenvalue weighted by atomic mass is 10.1. The number of ether oxygens (including phenoxy) is 3. The maximum absolute atomic E-state index is 11.3. The molecule has 1 atom stereocenters. The fourth-order valence-corrected chi connectivity index (χ4v) is 2.76. The SMILES string of the molecule is COC(=O)CC=C(OC)C(C)ON=C(C)c1cccc(OCc2cccc(Cl)c2)c1. The molecule has 7 heteroatoms. The van der Waals surface area contributed by atoms with E-state index in [0.717, 1.165) is 11.1 Å². The van der Waals surface area contributed by atoms with Gasteiger partial charge in [-0.2, -0.15) is 0 Å². The summed E-state index contributed by atoms with van der Waals surface area (Å²) in [6.07, 6.45) is 1.25. The van der Waals surface area contributed by atoms with Gasteiger partial charge in [-0.15, -0.1) is 0 Å². The first-order valence-corrected chi connectivity index (χ1v) is 9.79. The van der Waals surface area contributed by atoms with Crippen LogP contribution in [-0.2, 0) is 25.7 Å². The Morgan fingerprint density at radius 3 is 2.60 bits per heavy atom. The van der Waals surface area contributed by atoms with Gasteiger partial charge < -0.3 is 19.0 Å². The van der Waals surface area contributed by atoms with Crippen molar-refractivity contribution in [2.75, 3.05) is 14.2 Å². The monoisotopic (exact) mass is 431 g/mol. The van der Waals surface area contributed by atoms with Crippen molar-refractivity contribution < 1.29 is 23.8 Å². The molecule has 0 fully saturated rings. The van der Waals surface area contributed by atoms with Crippen LogP contribution in [-0.4, -0.2) is 32.0 Å². The minimum absolute atomic E-state index is 0.0993. The molecule has 2 aromatic carbocycles. The Bertz CT molecular complexity index is 910. The number of rotatable bonds is 10. The number of benzene rings is 2. The third kappa shape index (κ3) is 7.44. The Labute approximate surface area is 182 Å². The van der Waals surface area contributed by atoms with Gasteiger partial charge in [0, 0.05) is 10.6 Å². The van der Waals surface area contributed by atoms with E-state index in [1.807, 2.05) is 55.5 Å². The van der Waals surface area contributed by atoms with Gasteiger partial charge in [-0.05, 0) is 49.8 Å². The van der Waals surface area contributed by atoms with Crippen LogP contribution in [0.1, 0.15) is 31.4 Å². The number of hydrogen-bond acceptors (Lipinski definition) is 6. The third-order valence-electron chi connectivity index (χ3n) is 4.23. The van der Waals surface area contributed by atoms with Crippen molar-refractivity contribution in [3.63, 3.8) is 0 Å². The molecular formula is C23H26ClNO5. The Balaban J connectivity index is 2.00. The highest BCUT2D eigenvalue weighted by molar-refractivity contribution is 6.30. The van der Waals surface area contributed by atoms with E-state index < -0.39 is 6.10 Å². The van der Waals surface area contributed by atoms with Crippen LogP contribution in [0.25, 0.3) is 0 Å². The second-order valence-corrected chi connectivity index (χ2v) is 6.90. The summed E-state index contributed by atoms with van der Waals surface area (Å²) in [7, 11) is 2.85. The van der Waals surface area contributed by atoms with E-state index in [2.05, 4.69) is 9.89 Å². The molecule has 0 saturated carbocycles. The van der Waals surface area contributed by atoms with Gasteiger partial charge in [0.15, 0.2) is 6.10 Å². The molecule has 0 amide bonds. The largest absolute Gasteiger partial charge is 0.497 e. The molecule has 0 radical (unpaired) electrons. The second kappa shape index (κ2) is 11.9. The number of esters is 1. The number of carbonyl (C=O) groups is 1. The van der Waals surface area contributed by atoms with Crippen molar-refractivity contribution in [1.29, 1.82) is 0 Å². The van der Waals surface area contributed by atoms with E-state index in [1.54, 1.807) is 13.0 Å². The maximum atomic E-state index is 11.3. The average molecular weight is 432 g/mol.